The van der Waals surface area contributed by atoms with E-state index in [2.05, 4.69) is 0 Å². The molecule has 1 aliphatic rings. The minimum atomic E-state index is -6.02. The molecule has 0 heterocycles. The number of alkyl halides is 9. The van der Waals surface area contributed by atoms with Gasteiger partial charge in [-0.3, -0.25) is 0 Å². The van der Waals surface area contributed by atoms with Crippen LogP contribution in [0.3, 0.4) is 0 Å². The van der Waals surface area contributed by atoms with Gasteiger partial charge >= 0.3 is 104 Å². The zero-order chi connectivity index (χ0) is 15.7. The molecule has 19 heavy (non-hydrogen) atoms. The Morgan fingerprint density at radius 2 is 1.05 bits per heavy atom. The first-order chi connectivity index (χ1) is 7.99. The quantitative estimate of drug-likeness (QED) is 0.463. The van der Waals surface area contributed by atoms with Gasteiger partial charge in [0.05, 0.1) is 0 Å². The van der Waals surface area contributed by atoms with Gasteiger partial charge < -0.3 is 0 Å². The van der Waals surface area contributed by atoms with Crippen molar-refractivity contribution in [2.24, 2.45) is 5.41 Å². The molecule has 0 nitrogen and oxygen atoms in total. The monoisotopic (exact) mass is 362 g/mol. The first kappa shape index (κ1) is 16.7. The van der Waals surface area contributed by atoms with Crippen LogP contribution in [-0.2, 0) is 0 Å². The predicted octanol–water partition coefficient (Wildman–Crippen LogP) is 4.85. The fourth-order valence-electron chi connectivity index (χ4n) is 2.30. The van der Waals surface area contributed by atoms with Crippen molar-refractivity contribution in [2.75, 3.05) is 0 Å². The van der Waals surface area contributed by atoms with Crippen molar-refractivity contribution in [1.82, 2.24) is 0 Å². The van der Waals surface area contributed by atoms with Crippen LogP contribution in [0.4, 0.5) is 39.5 Å². The molecule has 0 amide bonds. The molecule has 0 spiro atoms. The molecule has 0 unspecified atom stereocenters. The second kappa shape index (κ2) is 3.85. The molecule has 0 bridgehead atoms. The summed E-state index contributed by atoms with van der Waals surface area (Å²) < 4.78 is 113. The van der Waals surface area contributed by atoms with E-state index in [-0.39, 0.29) is 0 Å². The molecule has 0 aliphatic heterocycles. The van der Waals surface area contributed by atoms with Crippen molar-refractivity contribution >= 4 is 13.3 Å². The Hall–Kier alpha value is -0.347. The summed E-state index contributed by atoms with van der Waals surface area (Å²) in [7, 11) is 0. The van der Waals surface area contributed by atoms with Crippen LogP contribution < -0.4 is 0 Å². The molecule has 0 aromatic rings. The number of hydrogen-bond acceptors (Lipinski definition) is 0. The van der Waals surface area contributed by atoms with Crippen molar-refractivity contribution in [3.8, 4) is 0 Å². The molecular formula is C9H9F9Ge. The summed E-state index contributed by atoms with van der Waals surface area (Å²) in [4.78, 5) is 0. The van der Waals surface area contributed by atoms with Gasteiger partial charge in [-0.05, 0) is 0 Å². The zero-order valence-corrected chi connectivity index (χ0v) is 12.0. The van der Waals surface area contributed by atoms with E-state index in [4.69, 9.17) is 0 Å². The van der Waals surface area contributed by atoms with E-state index in [1.54, 1.807) is 0 Å². The molecule has 0 saturated heterocycles. The SMILES string of the molecule is [CH3][Ge]([CH3])([CH3])[C]1=C(C(F)(F)F)C1(C(F)(F)F)C(F)(F)F. The van der Waals surface area contributed by atoms with Gasteiger partial charge in [-0.1, -0.05) is 0 Å². The molecule has 0 N–H and O–H groups in total. The van der Waals surface area contributed by atoms with Crippen LogP contribution in [0, 0.1) is 5.41 Å². The Morgan fingerprint density at radius 3 is 1.11 bits per heavy atom. The fourth-order valence-corrected chi connectivity index (χ4v) is 7.65. The molecule has 0 atom stereocenters. The van der Waals surface area contributed by atoms with E-state index in [1.807, 2.05) is 0 Å². The van der Waals surface area contributed by atoms with Gasteiger partial charge in [0.2, 0.25) is 0 Å². The Labute approximate surface area is 105 Å². The normalized spacial score (nSPS) is 20.8. The average Bonchev–Trinajstić information content (AvgIpc) is 2.66. The molecule has 0 radical (unpaired) electrons. The van der Waals surface area contributed by atoms with Crippen LogP contribution in [0.5, 0.6) is 0 Å². The summed E-state index contributed by atoms with van der Waals surface area (Å²) in [5.74, 6) is 3.21. The van der Waals surface area contributed by atoms with Gasteiger partial charge in [0.15, 0.2) is 0 Å². The molecule has 1 aliphatic carbocycles. The predicted molar refractivity (Wildman–Crippen MR) is 51.0 cm³/mol. The van der Waals surface area contributed by atoms with E-state index in [0.717, 1.165) is 17.3 Å². The van der Waals surface area contributed by atoms with Crippen LogP contribution in [0.15, 0.2) is 9.98 Å². The standard InChI is InChI=1S/C9H9F9Ge/c1-19(2,3)5-4(7(10,11)12)6(5,8(13,14)15)9(16,17)18/h1-3H3. The van der Waals surface area contributed by atoms with Gasteiger partial charge in [0.1, 0.15) is 0 Å². The van der Waals surface area contributed by atoms with Crippen molar-refractivity contribution in [3.63, 3.8) is 0 Å². The maximum atomic E-state index is 12.7. The summed E-state index contributed by atoms with van der Waals surface area (Å²) >= 11 is -3.97. The zero-order valence-electron chi connectivity index (χ0n) is 9.90. The Morgan fingerprint density at radius 1 is 0.737 bits per heavy atom. The van der Waals surface area contributed by atoms with Gasteiger partial charge in [0.25, 0.3) is 0 Å². The van der Waals surface area contributed by atoms with Gasteiger partial charge in [-0.2, -0.15) is 0 Å². The molecule has 112 valence electrons. The minimum absolute atomic E-state index is 1.07. The molecule has 0 fully saturated rings. The summed E-state index contributed by atoms with van der Waals surface area (Å²) in [6.07, 6.45) is -17.7. The van der Waals surface area contributed by atoms with Crippen LogP contribution in [0.1, 0.15) is 0 Å². The Bertz CT molecular complexity index is 375. The third-order valence-electron chi connectivity index (χ3n) is 2.82. The van der Waals surface area contributed by atoms with Crippen LogP contribution in [0.2, 0.25) is 17.3 Å². The molecule has 0 saturated carbocycles. The fraction of sp³-hybridized carbons (Fsp3) is 0.778. The number of rotatable bonds is 1. The molecule has 0 aromatic carbocycles. The number of allylic oxidation sites excluding steroid dienone is 2. The number of hydrogen-bond donors (Lipinski definition) is 0. The van der Waals surface area contributed by atoms with Crippen LogP contribution >= 0.6 is 0 Å². The molecule has 0 aromatic heterocycles. The van der Waals surface area contributed by atoms with E-state index in [9.17, 15) is 39.5 Å². The third kappa shape index (κ3) is 2.27. The van der Waals surface area contributed by atoms with Crippen molar-refractivity contribution < 1.29 is 39.5 Å². The van der Waals surface area contributed by atoms with E-state index in [0.29, 0.717) is 0 Å². The van der Waals surface area contributed by atoms with E-state index < -0.39 is 47.2 Å². The Kier molecular flexibility index (Phi) is 3.39. The summed E-state index contributed by atoms with van der Waals surface area (Å²) in [6.45, 7) is 0. The van der Waals surface area contributed by atoms with Gasteiger partial charge in [-0.25, -0.2) is 0 Å². The molecular weight excluding hydrogens is 352 g/mol. The van der Waals surface area contributed by atoms with Crippen molar-refractivity contribution in [2.45, 2.75) is 35.8 Å². The van der Waals surface area contributed by atoms with Crippen LogP contribution in [-0.4, -0.2) is 31.8 Å². The summed E-state index contributed by atoms with van der Waals surface area (Å²) in [5.41, 5.74) is -7.23. The summed E-state index contributed by atoms with van der Waals surface area (Å²) in [5, 5.41) is 0. The second-order valence-corrected chi connectivity index (χ2v) is 15.7. The average molecular weight is 361 g/mol. The first-order valence-corrected chi connectivity index (χ1v) is 12.3. The van der Waals surface area contributed by atoms with Crippen molar-refractivity contribution in [3.05, 3.63) is 9.98 Å². The van der Waals surface area contributed by atoms with E-state index >= 15 is 0 Å². The topological polar surface area (TPSA) is 0 Å². The summed E-state index contributed by atoms with van der Waals surface area (Å²) in [6, 6.07) is 0. The van der Waals surface area contributed by atoms with E-state index in [1.165, 1.54) is 0 Å². The third-order valence-corrected chi connectivity index (χ3v) is 7.28. The number of halogens is 9. The molecule has 10 heteroatoms. The maximum absolute atomic E-state index is 12.7. The van der Waals surface area contributed by atoms with Gasteiger partial charge in [0, 0.05) is 0 Å². The Balaban J connectivity index is 3.58. The molecule has 1 rings (SSSR count). The van der Waals surface area contributed by atoms with Crippen molar-refractivity contribution in [1.29, 1.82) is 0 Å². The van der Waals surface area contributed by atoms with Gasteiger partial charge in [-0.15, -0.1) is 0 Å². The first-order valence-electron chi connectivity index (χ1n) is 4.95. The van der Waals surface area contributed by atoms with Crippen LogP contribution in [0.25, 0.3) is 0 Å². The second-order valence-electron chi connectivity index (χ2n) is 5.24.